The van der Waals surface area contributed by atoms with Crippen LogP contribution in [-0.2, 0) is 14.4 Å². The van der Waals surface area contributed by atoms with Gasteiger partial charge in [-0.1, -0.05) is 109 Å². The second-order valence-corrected chi connectivity index (χ2v) is 10.7. The Labute approximate surface area is 257 Å². The molecule has 0 atom stereocenters. The number of carbonyl (C=O) groups is 3. The van der Waals surface area contributed by atoms with Gasteiger partial charge in [-0.15, -0.1) is 0 Å². The van der Waals surface area contributed by atoms with Crippen molar-refractivity contribution in [1.82, 2.24) is 10.2 Å². The number of thioether (sulfide) groups is 1. The summed E-state index contributed by atoms with van der Waals surface area (Å²) in [5.41, 5.74) is 4.01. The molecule has 0 aliphatic carbocycles. The van der Waals surface area contributed by atoms with Crippen LogP contribution in [0.5, 0.6) is 0 Å². The standard InChI is InChI=1S/C35H34N4O3S/c1-5-7-18-28(6-2)39-34(42)30(23-25-19-21-29(22-20-25)38(3)4)33(41)37-35(39)43-24-31(40)36-32(26-14-10-8-11-15-26)27-16-12-9-13-17-27/h5-23,32H,1,24H2,2-4H3,(H,36,40)/b18-7-,28-6+,30-23+. The van der Waals surface area contributed by atoms with Crippen LogP contribution < -0.4 is 10.2 Å². The molecule has 0 saturated heterocycles. The number of benzene rings is 3. The summed E-state index contributed by atoms with van der Waals surface area (Å²) >= 11 is 1.03. The Morgan fingerprint density at radius 2 is 1.58 bits per heavy atom. The number of aliphatic imine (C=N–C) groups is 1. The number of rotatable bonds is 10. The van der Waals surface area contributed by atoms with Gasteiger partial charge in [-0.3, -0.25) is 19.3 Å². The molecule has 1 N–H and O–H groups in total. The third-order valence-corrected chi connectivity index (χ3v) is 7.57. The van der Waals surface area contributed by atoms with Crippen LogP contribution in [0.15, 0.2) is 132 Å². The molecule has 218 valence electrons. The SMILES string of the molecule is C=C/C=C\C(=C/C)N1C(=O)/C(=C/c2ccc(N(C)C)cc2)C(=O)N=C1SCC(=O)NC(c1ccccc1)c1ccccc1. The Morgan fingerprint density at radius 3 is 2.12 bits per heavy atom. The Bertz CT molecular complexity index is 1550. The average Bonchev–Trinajstić information content (AvgIpc) is 3.03. The summed E-state index contributed by atoms with van der Waals surface area (Å²) in [5, 5.41) is 3.23. The first-order valence-electron chi connectivity index (χ1n) is 13.8. The van der Waals surface area contributed by atoms with Gasteiger partial charge in [0.1, 0.15) is 5.57 Å². The second-order valence-electron chi connectivity index (χ2n) is 9.80. The number of nitrogens with zero attached hydrogens (tertiary/aromatic N) is 3. The summed E-state index contributed by atoms with van der Waals surface area (Å²) < 4.78 is 0. The van der Waals surface area contributed by atoms with Crippen LogP contribution >= 0.6 is 11.8 Å². The maximum absolute atomic E-state index is 13.8. The van der Waals surface area contributed by atoms with Gasteiger partial charge in [0.2, 0.25) is 5.91 Å². The van der Waals surface area contributed by atoms with E-state index in [9.17, 15) is 14.4 Å². The van der Waals surface area contributed by atoms with Gasteiger partial charge in [-0.25, -0.2) is 0 Å². The Morgan fingerprint density at radius 1 is 0.977 bits per heavy atom. The highest BCUT2D eigenvalue weighted by atomic mass is 32.2. The third-order valence-electron chi connectivity index (χ3n) is 6.63. The van der Waals surface area contributed by atoms with Gasteiger partial charge in [-0.05, 0) is 47.9 Å². The first-order chi connectivity index (χ1) is 20.8. The molecular formula is C35H34N4O3S. The van der Waals surface area contributed by atoms with Crippen molar-refractivity contribution in [1.29, 1.82) is 0 Å². The van der Waals surface area contributed by atoms with Crippen molar-refractivity contribution in [2.45, 2.75) is 13.0 Å². The molecular weight excluding hydrogens is 556 g/mol. The summed E-state index contributed by atoms with van der Waals surface area (Å²) in [5.74, 6) is -1.50. The van der Waals surface area contributed by atoms with E-state index in [2.05, 4.69) is 16.9 Å². The summed E-state index contributed by atoms with van der Waals surface area (Å²) in [7, 11) is 3.87. The highest BCUT2D eigenvalue weighted by Crippen LogP contribution is 2.27. The van der Waals surface area contributed by atoms with Gasteiger partial charge in [0.15, 0.2) is 5.17 Å². The maximum atomic E-state index is 13.8. The zero-order valence-corrected chi connectivity index (χ0v) is 25.3. The fourth-order valence-electron chi connectivity index (χ4n) is 4.43. The molecule has 3 aromatic rings. The number of anilines is 1. The largest absolute Gasteiger partial charge is 0.378 e. The molecule has 4 rings (SSSR count). The number of allylic oxidation sites excluding steroid dienone is 4. The Balaban J connectivity index is 1.60. The van der Waals surface area contributed by atoms with E-state index >= 15 is 0 Å². The third kappa shape index (κ3) is 7.87. The molecule has 1 heterocycles. The topological polar surface area (TPSA) is 82.1 Å². The number of hydrogen-bond acceptors (Lipinski definition) is 5. The van der Waals surface area contributed by atoms with E-state index in [0.717, 1.165) is 28.6 Å². The number of amidine groups is 1. The normalized spacial score (nSPS) is 14.8. The van der Waals surface area contributed by atoms with Crippen molar-refractivity contribution in [2.24, 2.45) is 4.99 Å². The van der Waals surface area contributed by atoms with Gasteiger partial charge >= 0.3 is 0 Å². The molecule has 0 aromatic heterocycles. The predicted octanol–water partition coefficient (Wildman–Crippen LogP) is 6.15. The van der Waals surface area contributed by atoms with Crippen LogP contribution in [0.4, 0.5) is 5.69 Å². The monoisotopic (exact) mass is 590 g/mol. The molecule has 1 aliphatic heterocycles. The summed E-state index contributed by atoms with van der Waals surface area (Å²) in [6.07, 6.45) is 8.29. The van der Waals surface area contributed by atoms with Gasteiger partial charge in [0.05, 0.1) is 11.8 Å². The number of amides is 3. The van der Waals surface area contributed by atoms with Crippen LogP contribution in [-0.4, -0.2) is 47.6 Å². The molecule has 0 spiro atoms. The molecule has 0 bridgehead atoms. The predicted molar refractivity (Wildman–Crippen MR) is 176 cm³/mol. The molecule has 0 fully saturated rings. The van der Waals surface area contributed by atoms with Crippen molar-refractivity contribution < 1.29 is 14.4 Å². The van der Waals surface area contributed by atoms with E-state index in [4.69, 9.17) is 0 Å². The van der Waals surface area contributed by atoms with Gasteiger partial charge in [0.25, 0.3) is 11.8 Å². The zero-order valence-electron chi connectivity index (χ0n) is 24.4. The second kappa shape index (κ2) is 14.8. The number of nitrogens with one attached hydrogen (secondary N) is 1. The highest BCUT2D eigenvalue weighted by Gasteiger charge is 2.35. The fourth-order valence-corrected chi connectivity index (χ4v) is 5.24. The minimum Gasteiger partial charge on any atom is -0.378 e. The lowest BCUT2D eigenvalue weighted by atomic mass is 9.99. The average molecular weight is 591 g/mol. The molecule has 0 radical (unpaired) electrons. The lowest BCUT2D eigenvalue weighted by molar-refractivity contribution is -0.126. The first kappa shape index (κ1) is 31.0. The van der Waals surface area contributed by atoms with Crippen LogP contribution in [0.25, 0.3) is 6.08 Å². The maximum Gasteiger partial charge on any atom is 0.285 e. The van der Waals surface area contributed by atoms with Gasteiger partial charge < -0.3 is 10.2 Å². The zero-order chi connectivity index (χ0) is 30.8. The van der Waals surface area contributed by atoms with Crippen molar-refractivity contribution in [3.05, 3.63) is 144 Å². The smallest absolute Gasteiger partial charge is 0.285 e. The van der Waals surface area contributed by atoms with Crippen LogP contribution in [0.3, 0.4) is 0 Å². The molecule has 3 aromatic carbocycles. The molecule has 3 amide bonds. The van der Waals surface area contributed by atoms with E-state index in [1.807, 2.05) is 104 Å². The summed E-state index contributed by atoms with van der Waals surface area (Å²) in [6, 6.07) is 26.5. The molecule has 7 nitrogen and oxygen atoms in total. The Hall–Kier alpha value is -4.95. The minimum absolute atomic E-state index is 0.0563. The number of carbonyl (C=O) groups excluding carboxylic acids is 3. The highest BCUT2D eigenvalue weighted by molar-refractivity contribution is 8.14. The van der Waals surface area contributed by atoms with E-state index in [1.54, 1.807) is 37.3 Å². The summed E-state index contributed by atoms with van der Waals surface area (Å²) in [4.78, 5) is 47.9. The van der Waals surface area contributed by atoms with Crippen molar-refractivity contribution in [3.63, 3.8) is 0 Å². The van der Waals surface area contributed by atoms with Crippen molar-refractivity contribution >= 4 is 46.4 Å². The molecule has 1 aliphatic rings. The minimum atomic E-state index is -0.657. The molecule has 8 heteroatoms. The fraction of sp³-hybridized carbons (Fsp3) is 0.143. The van der Waals surface area contributed by atoms with E-state index in [-0.39, 0.29) is 28.4 Å². The van der Waals surface area contributed by atoms with Gasteiger partial charge in [0, 0.05) is 25.5 Å². The lowest BCUT2D eigenvalue weighted by Crippen LogP contribution is -2.42. The van der Waals surface area contributed by atoms with Crippen LogP contribution in [0.2, 0.25) is 0 Å². The van der Waals surface area contributed by atoms with E-state index in [1.165, 1.54) is 4.90 Å². The number of hydrogen-bond donors (Lipinski definition) is 1. The van der Waals surface area contributed by atoms with Crippen LogP contribution in [0, 0.1) is 0 Å². The summed E-state index contributed by atoms with van der Waals surface area (Å²) in [6.45, 7) is 5.50. The molecule has 0 unspecified atom stereocenters. The van der Waals surface area contributed by atoms with Crippen LogP contribution in [0.1, 0.15) is 29.7 Å². The van der Waals surface area contributed by atoms with Crippen molar-refractivity contribution in [2.75, 3.05) is 24.7 Å². The lowest BCUT2D eigenvalue weighted by Gasteiger charge is -2.28. The molecule has 43 heavy (non-hydrogen) atoms. The van der Waals surface area contributed by atoms with Crippen molar-refractivity contribution in [3.8, 4) is 0 Å². The quantitative estimate of drug-likeness (QED) is 0.174. The van der Waals surface area contributed by atoms with E-state index < -0.39 is 11.8 Å². The first-order valence-corrected chi connectivity index (χ1v) is 14.7. The van der Waals surface area contributed by atoms with Gasteiger partial charge in [-0.2, -0.15) is 4.99 Å². The van der Waals surface area contributed by atoms with E-state index in [0.29, 0.717) is 11.3 Å². The molecule has 0 saturated carbocycles. The Kier molecular flexibility index (Phi) is 10.7.